The second kappa shape index (κ2) is 7.65. The van der Waals surface area contributed by atoms with Crippen molar-refractivity contribution in [1.29, 1.82) is 0 Å². The molecule has 16 heavy (non-hydrogen) atoms. The van der Waals surface area contributed by atoms with Gasteiger partial charge in [0.05, 0.1) is 7.11 Å². The maximum absolute atomic E-state index is 8.64. The SMILES string of the molecule is COc1ccc(Br)c(CNCCCCO)c1. The fourth-order valence-electron chi connectivity index (χ4n) is 1.40. The summed E-state index contributed by atoms with van der Waals surface area (Å²) < 4.78 is 6.26. The lowest BCUT2D eigenvalue weighted by Crippen LogP contribution is -2.15. The van der Waals surface area contributed by atoms with Gasteiger partial charge in [-0.05, 0) is 43.1 Å². The maximum atomic E-state index is 8.64. The first kappa shape index (κ1) is 13.5. The number of halogens is 1. The second-order valence-corrected chi connectivity index (χ2v) is 4.42. The van der Waals surface area contributed by atoms with E-state index in [1.54, 1.807) is 7.11 Å². The minimum absolute atomic E-state index is 0.268. The van der Waals surface area contributed by atoms with Crippen molar-refractivity contribution in [2.75, 3.05) is 20.3 Å². The van der Waals surface area contributed by atoms with Crippen molar-refractivity contribution in [3.63, 3.8) is 0 Å². The maximum Gasteiger partial charge on any atom is 0.119 e. The van der Waals surface area contributed by atoms with E-state index in [9.17, 15) is 0 Å². The smallest absolute Gasteiger partial charge is 0.119 e. The van der Waals surface area contributed by atoms with Crippen LogP contribution in [0.2, 0.25) is 0 Å². The Morgan fingerprint density at radius 3 is 2.88 bits per heavy atom. The Bertz CT molecular complexity index is 318. The quantitative estimate of drug-likeness (QED) is 0.757. The van der Waals surface area contributed by atoms with E-state index in [-0.39, 0.29) is 6.61 Å². The zero-order chi connectivity index (χ0) is 11.8. The second-order valence-electron chi connectivity index (χ2n) is 3.56. The molecule has 1 aromatic carbocycles. The van der Waals surface area contributed by atoms with Crippen LogP contribution in [0.4, 0.5) is 0 Å². The fourth-order valence-corrected chi connectivity index (χ4v) is 1.79. The Morgan fingerprint density at radius 2 is 2.19 bits per heavy atom. The van der Waals surface area contributed by atoms with Crippen molar-refractivity contribution in [2.45, 2.75) is 19.4 Å². The summed E-state index contributed by atoms with van der Waals surface area (Å²) in [4.78, 5) is 0. The van der Waals surface area contributed by atoms with Crippen LogP contribution in [0.5, 0.6) is 5.75 Å². The summed E-state index contributed by atoms with van der Waals surface area (Å²) in [5.41, 5.74) is 1.18. The molecule has 0 aliphatic carbocycles. The number of hydrogen-bond donors (Lipinski definition) is 2. The highest BCUT2D eigenvalue weighted by molar-refractivity contribution is 9.10. The third-order valence-corrected chi connectivity index (χ3v) is 3.10. The molecule has 0 fully saturated rings. The third-order valence-electron chi connectivity index (χ3n) is 2.33. The highest BCUT2D eigenvalue weighted by Gasteiger charge is 2.01. The average Bonchev–Trinajstić information content (AvgIpc) is 2.31. The minimum atomic E-state index is 0.268. The van der Waals surface area contributed by atoms with E-state index in [2.05, 4.69) is 21.2 Å². The van der Waals surface area contributed by atoms with Gasteiger partial charge in [-0.25, -0.2) is 0 Å². The molecule has 0 aliphatic heterocycles. The lowest BCUT2D eigenvalue weighted by atomic mass is 10.2. The molecule has 0 aliphatic rings. The predicted octanol–water partition coefficient (Wildman–Crippen LogP) is 2.32. The van der Waals surface area contributed by atoms with E-state index < -0.39 is 0 Å². The van der Waals surface area contributed by atoms with Crippen molar-refractivity contribution in [3.05, 3.63) is 28.2 Å². The zero-order valence-electron chi connectivity index (χ0n) is 9.50. The van der Waals surface area contributed by atoms with Crippen molar-refractivity contribution in [2.24, 2.45) is 0 Å². The van der Waals surface area contributed by atoms with Gasteiger partial charge < -0.3 is 15.2 Å². The predicted molar refractivity (Wildman–Crippen MR) is 68.7 cm³/mol. The summed E-state index contributed by atoms with van der Waals surface area (Å²) in [7, 11) is 1.67. The number of aliphatic hydroxyl groups is 1. The Labute approximate surface area is 105 Å². The first-order valence-corrected chi connectivity index (χ1v) is 6.21. The molecule has 1 rings (SSSR count). The summed E-state index contributed by atoms with van der Waals surface area (Å²) in [6.45, 7) is 2.00. The standard InChI is InChI=1S/C12H18BrNO2/c1-16-11-4-5-12(13)10(8-11)9-14-6-2-3-7-15/h4-5,8,14-15H,2-3,6-7,9H2,1H3. The average molecular weight is 288 g/mol. The van der Waals surface area contributed by atoms with Crippen LogP contribution in [0.1, 0.15) is 18.4 Å². The molecule has 0 radical (unpaired) electrons. The molecule has 2 N–H and O–H groups in total. The lowest BCUT2D eigenvalue weighted by molar-refractivity contribution is 0.283. The van der Waals surface area contributed by atoms with Gasteiger partial charge in [0.25, 0.3) is 0 Å². The van der Waals surface area contributed by atoms with Gasteiger partial charge in [-0.2, -0.15) is 0 Å². The van der Waals surface area contributed by atoms with Crippen molar-refractivity contribution in [1.82, 2.24) is 5.32 Å². The van der Waals surface area contributed by atoms with E-state index in [0.717, 1.165) is 36.2 Å². The van der Waals surface area contributed by atoms with Gasteiger partial charge in [0.2, 0.25) is 0 Å². The van der Waals surface area contributed by atoms with E-state index >= 15 is 0 Å². The molecule has 0 heterocycles. The summed E-state index contributed by atoms with van der Waals surface area (Å²) in [5.74, 6) is 0.871. The zero-order valence-corrected chi connectivity index (χ0v) is 11.1. The van der Waals surface area contributed by atoms with Gasteiger partial charge >= 0.3 is 0 Å². The monoisotopic (exact) mass is 287 g/mol. The van der Waals surface area contributed by atoms with Crippen LogP contribution in [0, 0.1) is 0 Å². The molecule has 0 atom stereocenters. The molecular weight excluding hydrogens is 270 g/mol. The van der Waals surface area contributed by atoms with Crippen LogP contribution in [-0.4, -0.2) is 25.4 Å². The molecule has 4 heteroatoms. The number of benzene rings is 1. The normalized spacial score (nSPS) is 10.4. The van der Waals surface area contributed by atoms with E-state index in [4.69, 9.17) is 9.84 Å². The number of rotatable bonds is 7. The van der Waals surface area contributed by atoms with Crippen LogP contribution < -0.4 is 10.1 Å². The number of ether oxygens (including phenoxy) is 1. The van der Waals surface area contributed by atoms with Crippen LogP contribution >= 0.6 is 15.9 Å². The Kier molecular flexibility index (Phi) is 6.45. The number of aliphatic hydroxyl groups excluding tert-OH is 1. The lowest BCUT2D eigenvalue weighted by Gasteiger charge is -2.08. The van der Waals surface area contributed by atoms with Gasteiger partial charge in [0.15, 0.2) is 0 Å². The van der Waals surface area contributed by atoms with E-state index in [1.807, 2.05) is 18.2 Å². The largest absolute Gasteiger partial charge is 0.497 e. The number of methoxy groups -OCH3 is 1. The highest BCUT2D eigenvalue weighted by Crippen LogP contribution is 2.22. The van der Waals surface area contributed by atoms with Gasteiger partial charge in [-0.15, -0.1) is 0 Å². The summed E-state index contributed by atoms with van der Waals surface area (Å²) in [6, 6.07) is 5.94. The molecule has 0 spiro atoms. The van der Waals surface area contributed by atoms with E-state index in [1.165, 1.54) is 5.56 Å². The summed E-state index contributed by atoms with van der Waals surface area (Å²) in [6.07, 6.45) is 1.85. The van der Waals surface area contributed by atoms with Crippen molar-refractivity contribution < 1.29 is 9.84 Å². The van der Waals surface area contributed by atoms with Crippen LogP contribution in [-0.2, 0) is 6.54 Å². The van der Waals surface area contributed by atoms with Gasteiger partial charge in [-0.1, -0.05) is 15.9 Å². The third kappa shape index (κ3) is 4.51. The van der Waals surface area contributed by atoms with Gasteiger partial charge in [-0.3, -0.25) is 0 Å². The van der Waals surface area contributed by atoms with Crippen LogP contribution in [0.15, 0.2) is 22.7 Å². The topological polar surface area (TPSA) is 41.5 Å². The Morgan fingerprint density at radius 1 is 1.38 bits per heavy atom. The van der Waals surface area contributed by atoms with Crippen LogP contribution in [0.3, 0.4) is 0 Å². The molecule has 90 valence electrons. The summed E-state index contributed by atoms with van der Waals surface area (Å²) >= 11 is 3.51. The molecule has 0 saturated carbocycles. The molecule has 1 aromatic rings. The number of unbranched alkanes of at least 4 members (excludes halogenated alkanes) is 1. The molecule has 0 bridgehead atoms. The van der Waals surface area contributed by atoms with Crippen LogP contribution in [0.25, 0.3) is 0 Å². The van der Waals surface area contributed by atoms with Crippen molar-refractivity contribution >= 4 is 15.9 Å². The minimum Gasteiger partial charge on any atom is -0.497 e. The molecule has 0 unspecified atom stereocenters. The van der Waals surface area contributed by atoms with E-state index in [0.29, 0.717) is 0 Å². The molecule has 0 aromatic heterocycles. The number of hydrogen-bond acceptors (Lipinski definition) is 3. The molecule has 0 saturated heterocycles. The highest BCUT2D eigenvalue weighted by atomic mass is 79.9. The fraction of sp³-hybridized carbons (Fsp3) is 0.500. The van der Waals surface area contributed by atoms with Gasteiger partial charge in [0, 0.05) is 17.6 Å². The molecule has 0 amide bonds. The van der Waals surface area contributed by atoms with Gasteiger partial charge in [0.1, 0.15) is 5.75 Å². The molecular formula is C12H18BrNO2. The molecule has 3 nitrogen and oxygen atoms in total. The van der Waals surface area contributed by atoms with Crippen molar-refractivity contribution in [3.8, 4) is 5.75 Å². The first-order chi connectivity index (χ1) is 7.77. The first-order valence-electron chi connectivity index (χ1n) is 5.42. The summed E-state index contributed by atoms with van der Waals surface area (Å²) in [5, 5.41) is 12.0. The Balaban J connectivity index is 2.40. The number of nitrogens with one attached hydrogen (secondary N) is 1. The Hall–Kier alpha value is -0.580.